The van der Waals surface area contributed by atoms with E-state index in [1.807, 2.05) is 0 Å². The number of nitrogens with zero attached hydrogens (tertiary/aromatic N) is 1. The van der Waals surface area contributed by atoms with E-state index in [2.05, 4.69) is 0 Å². The largest absolute Gasteiger partial charge is 0.481 e. The highest BCUT2D eigenvalue weighted by molar-refractivity contribution is 5.76. The Morgan fingerprint density at radius 3 is 2.70 bits per heavy atom. The number of alkyl halides is 2. The molecule has 0 aliphatic carbocycles. The quantitative estimate of drug-likeness (QED) is 0.694. The molecule has 1 atom stereocenters. The van der Waals surface area contributed by atoms with Crippen LogP contribution in [0.1, 0.15) is 38.5 Å². The van der Waals surface area contributed by atoms with Gasteiger partial charge in [-0.3, -0.25) is 9.59 Å². The first-order valence-corrected chi connectivity index (χ1v) is 6.88. The topological polar surface area (TPSA) is 66.8 Å². The van der Waals surface area contributed by atoms with Gasteiger partial charge in [0.15, 0.2) is 0 Å². The lowest BCUT2D eigenvalue weighted by molar-refractivity contribution is -0.140. The third-order valence-corrected chi connectivity index (χ3v) is 3.34. The number of likely N-dealkylation sites (tertiary alicyclic amines) is 1. The number of carboxylic acids is 1. The normalized spacial score (nSPS) is 19.4. The number of amides is 1. The van der Waals surface area contributed by atoms with Crippen LogP contribution in [0.5, 0.6) is 0 Å². The van der Waals surface area contributed by atoms with Crippen molar-refractivity contribution in [2.45, 2.75) is 51.0 Å². The van der Waals surface area contributed by atoms with Gasteiger partial charge in [0, 0.05) is 19.0 Å². The number of hydrogen-bond acceptors (Lipinski definition) is 3. The van der Waals surface area contributed by atoms with E-state index >= 15 is 0 Å². The van der Waals surface area contributed by atoms with Crippen LogP contribution in [0.15, 0.2) is 0 Å². The molecule has 1 saturated heterocycles. The minimum atomic E-state index is -2.52. The predicted octanol–water partition coefficient (Wildman–Crippen LogP) is 1.90. The molecule has 1 unspecified atom stereocenters. The van der Waals surface area contributed by atoms with Gasteiger partial charge in [0.2, 0.25) is 5.91 Å². The molecular formula is C13H21F2NO4. The fraction of sp³-hybridized carbons (Fsp3) is 0.846. The van der Waals surface area contributed by atoms with Crippen molar-refractivity contribution < 1.29 is 28.2 Å². The summed E-state index contributed by atoms with van der Waals surface area (Å²) in [5.41, 5.74) is 0. The Hall–Kier alpha value is -1.24. The predicted molar refractivity (Wildman–Crippen MR) is 67.7 cm³/mol. The van der Waals surface area contributed by atoms with Gasteiger partial charge in [0.05, 0.1) is 13.0 Å². The van der Waals surface area contributed by atoms with Crippen molar-refractivity contribution in [3.05, 3.63) is 0 Å². The molecule has 1 aliphatic heterocycles. The molecule has 116 valence electrons. The van der Waals surface area contributed by atoms with Crippen LogP contribution in [-0.4, -0.2) is 54.1 Å². The molecule has 5 nitrogen and oxygen atoms in total. The lowest BCUT2D eigenvalue weighted by Crippen LogP contribution is -2.44. The van der Waals surface area contributed by atoms with Crippen molar-refractivity contribution in [2.75, 3.05) is 19.8 Å². The van der Waals surface area contributed by atoms with E-state index < -0.39 is 19.0 Å². The van der Waals surface area contributed by atoms with Crippen molar-refractivity contribution in [3.8, 4) is 0 Å². The molecule has 0 saturated carbocycles. The molecular weight excluding hydrogens is 272 g/mol. The third-order valence-electron chi connectivity index (χ3n) is 3.34. The van der Waals surface area contributed by atoms with Crippen LogP contribution in [0.3, 0.4) is 0 Å². The molecule has 1 fully saturated rings. The van der Waals surface area contributed by atoms with E-state index in [9.17, 15) is 18.4 Å². The summed E-state index contributed by atoms with van der Waals surface area (Å²) in [5.74, 6) is -1.02. The van der Waals surface area contributed by atoms with Gasteiger partial charge < -0.3 is 14.7 Å². The third kappa shape index (κ3) is 6.27. The van der Waals surface area contributed by atoms with Crippen molar-refractivity contribution in [1.29, 1.82) is 0 Å². The molecule has 0 aromatic heterocycles. The summed E-state index contributed by atoms with van der Waals surface area (Å²) < 4.78 is 28.5. The summed E-state index contributed by atoms with van der Waals surface area (Å²) >= 11 is 0. The molecule has 7 heteroatoms. The van der Waals surface area contributed by atoms with Crippen LogP contribution in [0, 0.1) is 0 Å². The maximum absolute atomic E-state index is 12.0. The fourth-order valence-corrected chi connectivity index (χ4v) is 2.39. The Morgan fingerprint density at radius 2 is 2.05 bits per heavy atom. The lowest BCUT2D eigenvalue weighted by Gasteiger charge is -2.35. The fourth-order valence-electron chi connectivity index (χ4n) is 2.39. The van der Waals surface area contributed by atoms with Crippen LogP contribution in [0.4, 0.5) is 8.78 Å². The smallest absolute Gasteiger partial charge is 0.303 e. The van der Waals surface area contributed by atoms with Gasteiger partial charge in [-0.2, -0.15) is 0 Å². The first-order chi connectivity index (χ1) is 9.50. The summed E-state index contributed by atoms with van der Waals surface area (Å²) in [6.07, 6.45) is 0.703. The standard InChI is InChI=1S/C13H21F2NO4/c14-11(15)9-20-8-6-12(17)16-7-2-1-3-10(16)4-5-13(18)19/h10-11H,1-9H2,(H,18,19). The van der Waals surface area contributed by atoms with Crippen LogP contribution in [0.25, 0.3) is 0 Å². The monoisotopic (exact) mass is 293 g/mol. The number of rotatable bonds is 8. The van der Waals surface area contributed by atoms with Crippen LogP contribution < -0.4 is 0 Å². The molecule has 0 bridgehead atoms. The van der Waals surface area contributed by atoms with E-state index in [1.54, 1.807) is 4.90 Å². The number of halogens is 2. The molecule has 0 radical (unpaired) electrons. The highest BCUT2D eigenvalue weighted by Crippen LogP contribution is 2.21. The van der Waals surface area contributed by atoms with E-state index in [0.717, 1.165) is 19.3 Å². The minimum absolute atomic E-state index is 0.0225. The lowest BCUT2D eigenvalue weighted by atomic mass is 9.97. The van der Waals surface area contributed by atoms with Crippen LogP contribution >= 0.6 is 0 Å². The number of piperidine rings is 1. The summed E-state index contributed by atoms with van der Waals surface area (Å²) in [6, 6.07) is -0.0533. The maximum Gasteiger partial charge on any atom is 0.303 e. The summed E-state index contributed by atoms with van der Waals surface area (Å²) in [7, 11) is 0. The van der Waals surface area contributed by atoms with E-state index in [-0.39, 0.29) is 31.4 Å². The second-order valence-corrected chi connectivity index (χ2v) is 4.89. The number of hydrogen-bond donors (Lipinski definition) is 1. The Kier molecular flexibility index (Phi) is 7.43. The van der Waals surface area contributed by atoms with E-state index in [1.165, 1.54) is 0 Å². The van der Waals surface area contributed by atoms with Crippen molar-refractivity contribution in [3.63, 3.8) is 0 Å². The number of carbonyl (C=O) groups excluding carboxylic acids is 1. The number of carboxylic acid groups (broad SMARTS) is 1. The van der Waals surface area contributed by atoms with Gasteiger partial charge in [-0.1, -0.05) is 0 Å². The van der Waals surface area contributed by atoms with Gasteiger partial charge in [-0.25, -0.2) is 8.78 Å². The number of aliphatic carboxylic acids is 1. The second kappa shape index (κ2) is 8.84. The molecule has 1 aliphatic rings. The summed E-state index contributed by atoms with van der Waals surface area (Å²) in [6.45, 7) is -0.0704. The van der Waals surface area contributed by atoms with Gasteiger partial charge in [-0.15, -0.1) is 0 Å². The first-order valence-electron chi connectivity index (χ1n) is 6.88. The zero-order valence-electron chi connectivity index (χ0n) is 11.4. The van der Waals surface area contributed by atoms with Crippen LogP contribution in [-0.2, 0) is 14.3 Å². The first kappa shape index (κ1) is 16.8. The van der Waals surface area contributed by atoms with Crippen molar-refractivity contribution in [1.82, 2.24) is 4.90 Å². The summed E-state index contributed by atoms with van der Waals surface area (Å²) in [5, 5.41) is 8.70. The molecule has 1 heterocycles. The Balaban J connectivity index is 2.35. The van der Waals surface area contributed by atoms with Gasteiger partial charge >= 0.3 is 5.97 Å². The molecule has 0 spiro atoms. The molecule has 20 heavy (non-hydrogen) atoms. The molecule has 0 aromatic rings. The Morgan fingerprint density at radius 1 is 1.30 bits per heavy atom. The average Bonchev–Trinajstić information content (AvgIpc) is 2.41. The van der Waals surface area contributed by atoms with Crippen molar-refractivity contribution in [2.24, 2.45) is 0 Å². The number of carbonyl (C=O) groups is 2. The average molecular weight is 293 g/mol. The minimum Gasteiger partial charge on any atom is -0.481 e. The highest BCUT2D eigenvalue weighted by atomic mass is 19.3. The molecule has 1 rings (SSSR count). The number of ether oxygens (including phenoxy) is 1. The van der Waals surface area contributed by atoms with Gasteiger partial charge in [0.1, 0.15) is 6.61 Å². The molecule has 1 N–H and O–H groups in total. The zero-order chi connectivity index (χ0) is 15.0. The highest BCUT2D eigenvalue weighted by Gasteiger charge is 2.26. The Bertz CT molecular complexity index is 325. The van der Waals surface area contributed by atoms with Crippen LogP contribution in [0.2, 0.25) is 0 Å². The second-order valence-electron chi connectivity index (χ2n) is 4.89. The molecule has 1 amide bonds. The summed E-state index contributed by atoms with van der Waals surface area (Å²) in [4.78, 5) is 24.3. The SMILES string of the molecule is O=C(O)CCC1CCCCN1C(=O)CCOCC(F)F. The van der Waals surface area contributed by atoms with Gasteiger partial charge in [-0.05, 0) is 25.7 Å². The maximum atomic E-state index is 12.0. The molecule has 0 aromatic carbocycles. The zero-order valence-corrected chi connectivity index (χ0v) is 11.4. The van der Waals surface area contributed by atoms with E-state index in [0.29, 0.717) is 13.0 Å². The van der Waals surface area contributed by atoms with Gasteiger partial charge in [0.25, 0.3) is 6.43 Å². The van der Waals surface area contributed by atoms with Crippen molar-refractivity contribution >= 4 is 11.9 Å². The van der Waals surface area contributed by atoms with E-state index in [4.69, 9.17) is 9.84 Å². The Labute approximate surface area is 116 Å².